The van der Waals surface area contributed by atoms with Crippen molar-refractivity contribution in [3.8, 4) is 0 Å². The van der Waals surface area contributed by atoms with E-state index in [1.807, 2.05) is 0 Å². The van der Waals surface area contributed by atoms with E-state index >= 15 is 0 Å². The third-order valence-electron chi connectivity index (χ3n) is 1.85. The van der Waals surface area contributed by atoms with E-state index in [2.05, 4.69) is 16.7 Å². The van der Waals surface area contributed by atoms with Crippen molar-refractivity contribution in [2.24, 2.45) is 0 Å². The molecule has 0 fully saturated rings. The zero-order valence-electron chi connectivity index (χ0n) is 8.69. The van der Waals surface area contributed by atoms with E-state index < -0.39 is 10.4 Å². The third-order valence-corrected chi connectivity index (χ3v) is 2.15. The first-order valence-corrected chi connectivity index (χ1v) is 6.23. The van der Waals surface area contributed by atoms with Crippen LogP contribution in [0.4, 0.5) is 0 Å². The maximum atomic E-state index is 10.2. The van der Waals surface area contributed by atoms with Crippen molar-refractivity contribution in [1.82, 2.24) is 5.48 Å². The molecule has 7 heteroatoms. The molecule has 0 aliphatic heterocycles. The SMILES string of the molecule is CCCCCCC(C)NOS(=O)(=O)O.[NaH]. The molecule has 88 valence electrons. The molecule has 0 rings (SSSR count). The summed E-state index contributed by atoms with van der Waals surface area (Å²) in [5, 5.41) is 0. The fourth-order valence-electron chi connectivity index (χ4n) is 1.08. The summed E-state index contributed by atoms with van der Waals surface area (Å²) in [6, 6.07) is -0.0752. The second kappa shape index (κ2) is 10.0. The summed E-state index contributed by atoms with van der Waals surface area (Å²) in [5.41, 5.74) is 2.26. The van der Waals surface area contributed by atoms with Crippen LogP contribution >= 0.6 is 0 Å². The van der Waals surface area contributed by atoms with Gasteiger partial charge in [0.15, 0.2) is 0 Å². The summed E-state index contributed by atoms with van der Waals surface area (Å²) in [6.07, 6.45) is 5.34. The molecular weight excluding hydrogens is 229 g/mol. The molecule has 2 N–H and O–H groups in total. The number of nitrogens with one attached hydrogen (secondary N) is 1. The number of unbranched alkanes of at least 4 members (excludes halogenated alkanes) is 3. The number of hydrogen-bond donors (Lipinski definition) is 2. The fourth-order valence-corrected chi connectivity index (χ4v) is 1.37. The van der Waals surface area contributed by atoms with Gasteiger partial charge in [-0.1, -0.05) is 32.6 Å². The van der Waals surface area contributed by atoms with Crippen LogP contribution in [0.5, 0.6) is 0 Å². The molecule has 0 heterocycles. The molecule has 0 aliphatic rings. The maximum absolute atomic E-state index is 10.2. The van der Waals surface area contributed by atoms with Gasteiger partial charge >= 0.3 is 40.0 Å². The molecule has 0 amide bonds. The molecule has 0 spiro atoms. The molecule has 0 saturated carbocycles. The predicted octanol–water partition coefficient (Wildman–Crippen LogP) is 1.02. The Labute approximate surface area is 114 Å². The normalized spacial score (nSPS) is 13.3. The molecule has 5 nitrogen and oxygen atoms in total. The van der Waals surface area contributed by atoms with Crippen LogP contribution in [0.25, 0.3) is 0 Å². The van der Waals surface area contributed by atoms with Gasteiger partial charge < -0.3 is 0 Å². The van der Waals surface area contributed by atoms with Crippen LogP contribution in [0.2, 0.25) is 0 Å². The molecule has 0 radical (unpaired) electrons. The van der Waals surface area contributed by atoms with Crippen molar-refractivity contribution in [1.29, 1.82) is 0 Å². The van der Waals surface area contributed by atoms with Crippen molar-refractivity contribution in [3.63, 3.8) is 0 Å². The molecule has 0 aromatic rings. The summed E-state index contributed by atoms with van der Waals surface area (Å²) in [6.45, 7) is 3.93. The summed E-state index contributed by atoms with van der Waals surface area (Å²) >= 11 is 0. The predicted molar refractivity (Wildman–Crippen MR) is 61.1 cm³/mol. The van der Waals surface area contributed by atoms with E-state index in [4.69, 9.17) is 4.55 Å². The van der Waals surface area contributed by atoms with Crippen LogP contribution in [0.3, 0.4) is 0 Å². The molecule has 0 aromatic heterocycles. The topological polar surface area (TPSA) is 75.6 Å². The van der Waals surface area contributed by atoms with Crippen LogP contribution in [0.1, 0.15) is 46.0 Å². The van der Waals surface area contributed by atoms with Gasteiger partial charge in [-0.25, -0.2) is 0 Å². The van der Waals surface area contributed by atoms with Crippen molar-refractivity contribution >= 4 is 40.0 Å². The Bertz CT molecular complexity index is 233. The Kier molecular flexibility index (Phi) is 12.2. The third kappa shape index (κ3) is 14.8. The number of hydroxylamine groups is 1. The van der Waals surface area contributed by atoms with Crippen molar-refractivity contribution < 1.29 is 17.3 Å². The summed E-state index contributed by atoms with van der Waals surface area (Å²) in [7, 11) is -4.37. The average Bonchev–Trinajstić information content (AvgIpc) is 2.08. The van der Waals surface area contributed by atoms with Gasteiger partial charge in [-0.15, -0.1) is 0 Å². The minimum atomic E-state index is -4.37. The van der Waals surface area contributed by atoms with Crippen molar-refractivity contribution in [2.45, 2.75) is 52.0 Å². The van der Waals surface area contributed by atoms with Gasteiger partial charge in [0, 0.05) is 6.04 Å². The zero-order chi connectivity index (χ0) is 11.0. The molecule has 0 aromatic carbocycles. The molecule has 1 unspecified atom stereocenters. The van der Waals surface area contributed by atoms with Gasteiger partial charge in [0.25, 0.3) is 0 Å². The quantitative estimate of drug-likeness (QED) is 0.291. The van der Waals surface area contributed by atoms with Crippen LogP contribution in [-0.2, 0) is 14.7 Å². The first kappa shape index (κ1) is 18.2. The summed E-state index contributed by atoms with van der Waals surface area (Å²) in [4.78, 5) is 0. The molecule has 0 saturated heterocycles. The van der Waals surface area contributed by atoms with Crippen LogP contribution in [-0.4, -0.2) is 48.6 Å². The monoisotopic (exact) mass is 249 g/mol. The Morgan fingerprint density at radius 3 is 2.40 bits per heavy atom. The van der Waals surface area contributed by atoms with Gasteiger partial charge in [-0.2, -0.15) is 18.2 Å². The van der Waals surface area contributed by atoms with Gasteiger partial charge in [-0.3, -0.25) is 4.55 Å². The van der Waals surface area contributed by atoms with Crippen LogP contribution < -0.4 is 5.48 Å². The zero-order valence-corrected chi connectivity index (χ0v) is 9.51. The molecule has 15 heavy (non-hydrogen) atoms. The molecule has 0 aliphatic carbocycles. The second-order valence-corrected chi connectivity index (χ2v) is 4.40. The van der Waals surface area contributed by atoms with E-state index in [1.54, 1.807) is 6.92 Å². The van der Waals surface area contributed by atoms with Crippen LogP contribution in [0.15, 0.2) is 0 Å². The standard InChI is InChI=1S/C8H19NO4S.Na.H/c1-3-4-5-6-7-8(2)9-13-14(10,11)12;;/h8-9H,3-7H2,1-2H3,(H,10,11,12);;. The van der Waals surface area contributed by atoms with Gasteiger partial charge in [-0.05, 0) is 13.3 Å². The summed E-state index contributed by atoms with van der Waals surface area (Å²) in [5.74, 6) is 0. The Balaban J connectivity index is 0. The Morgan fingerprint density at radius 2 is 1.93 bits per heavy atom. The molecular formula is C8H20NNaO4S. The summed E-state index contributed by atoms with van der Waals surface area (Å²) < 4.78 is 32.7. The Hall–Kier alpha value is 0.830. The van der Waals surface area contributed by atoms with Gasteiger partial charge in [0.1, 0.15) is 0 Å². The van der Waals surface area contributed by atoms with Crippen molar-refractivity contribution in [3.05, 3.63) is 0 Å². The second-order valence-electron chi connectivity index (χ2n) is 3.38. The number of hydrogen-bond acceptors (Lipinski definition) is 4. The van der Waals surface area contributed by atoms with Gasteiger partial charge in [0.05, 0.1) is 0 Å². The van der Waals surface area contributed by atoms with Gasteiger partial charge in [0.2, 0.25) is 0 Å². The Morgan fingerprint density at radius 1 is 1.33 bits per heavy atom. The van der Waals surface area contributed by atoms with E-state index in [0.29, 0.717) is 0 Å². The van der Waals surface area contributed by atoms with E-state index in [9.17, 15) is 8.42 Å². The first-order chi connectivity index (χ1) is 6.45. The number of rotatable bonds is 8. The average molecular weight is 249 g/mol. The molecule has 1 atom stereocenters. The minimum absolute atomic E-state index is 0. The van der Waals surface area contributed by atoms with E-state index in [-0.39, 0.29) is 35.6 Å². The first-order valence-electron chi connectivity index (χ1n) is 4.87. The van der Waals surface area contributed by atoms with Crippen LogP contribution in [0, 0.1) is 0 Å². The van der Waals surface area contributed by atoms with E-state index in [0.717, 1.165) is 19.3 Å². The molecule has 0 bridgehead atoms. The van der Waals surface area contributed by atoms with E-state index in [1.165, 1.54) is 12.8 Å². The van der Waals surface area contributed by atoms with Crippen molar-refractivity contribution in [2.75, 3.05) is 0 Å². The fraction of sp³-hybridized carbons (Fsp3) is 1.00.